The van der Waals surface area contributed by atoms with E-state index in [0.717, 1.165) is 18.4 Å². The molecule has 0 saturated carbocycles. The Balaban J connectivity index is 2.69. The molecule has 3 heteroatoms. The number of aliphatic hydroxyl groups excluding tert-OH is 1. The predicted octanol–water partition coefficient (Wildman–Crippen LogP) is 1.70. The summed E-state index contributed by atoms with van der Waals surface area (Å²) in [5.74, 6) is 0.475. The molecule has 86 valence electrons. The molecule has 0 aromatic carbocycles. The molecule has 0 aromatic heterocycles. The number of Topliss-reactive ketones (excluding diaryl/α,β-unsaturated/α-hetero) is 1. The zero-order chi connectivity index (χ0) is 11.3. The Labute approximate surface area is 91.1 Å². The van der Waals surface area contributed by atoms with E-state index in [9.17, 15) is 4.79 Å². The summed E-state index contributed by atoms with van der Waals surface area (Å²) >= 11 is 0. The Morgan fingerprint density at radius 2 is 2.27 bits per heavy atom. The normalized spacial score (nSPS) is 19.2. The average molecular weight is 212 g/mol. The summed E-state index contributed by atoms with van der Waals surface area (Å²) in [4.78, 5) is 11.7. The fourth-order valence-corrected chi connectivity index (χ4v) is 1.87. The number of hydrogen-bond acceptors (Lipinski definition) is 3. The van der Waals surface area contributed by atoms with Gasteiger partial charge in [-0.1, -0.05) is 19.9 Å². The number of rotatable bonds is 5. The minimum Gasteiger partial charge on any atom is -0.394 e. The van der Waals surface area contributed by atoms with Crippen LogP contribution in [0.3, 0.4) is 0 Å². The van der Waals surface area contributed by atoms with Crippen LogP contribution >= 0.6 is 0 Å². The van der Waals surface area contributed by atoms with E-state index < -0.39 is 0 Å². The van der Waals surface area contributed by atoms with Gasteiger partial charge in [-0.25, -0.2) is 0 Å². The van der Waals surface area contributed by atoms with E-state index in [4.69, 9.17) is 9.84 Å². The number of allylic oxidation sites excluding steroid dienone is 1. The number of ketones is 1. The Hall–Kier alpha value is -0.670. The van der Waals surface area contributed by atoms with Gasteiger partial charge in [0.2, 0.25) is 0 Å². The first-order chi connectivity index (χ1) is 7.16. The Bertz CT molecular complexity index is 243. The topological polar surface area (TPSA) is 46.5 Å². The maximum atomic E-state index is 11.7. The van der Waals surface area contributed by atoms with Crippen LogP contribution in [0.25, 0.3) is 0 Å². The molecule has 0 bridgehead atoms. The molecule has 1 rings (SSSR count). The van der Waals surface area contributed by atoms with Gasteiger partial charge in [0.15, 0.2) is 5.78 Å². The largest absolute Gasteiger partial charge is 0.394 e. The van der Waals surface area contributed by atoms with Crippen LogP contribution in [0.2, 0.25) is 0 Å². The summed E-state index contributed by atoms with van der Waals surface area (Å²) < 4.78 is 5.52. The van der Waals surface area contributed by atoms with Crippen molar-refractivity contribution in [3.05, 3.63) is 11.6 Å². The van der Waals surface area contributed by atoms with Gasteiger partial charge in [-0.05, 0) is 18.8 Å². The molecule has 1 aliphatic carbocycles. The second-order valence-corrected chi connectivity index (χ2v) is 4.23. The lowest BCUT2D eigenvalue weighted by Gasteiger charge is -2.25. The molecule has 1 N–H and O–H groups in total. The number of ether oxygens (including phenoxy) is 1. The lowest BCUT2D eigenvalue weighted by atomic mass is 9.89. The van der Waals surface area contributed by atoms with Crippen molar-refractivity contribution in [3.63, 3.8) is 0 Å². The lowest BCUT2D eigenvalue weighted by Crippen LogP contribution is -2.29. The van der Waals surface area contributed by atoms with Crippen LogP contribution in [0.1, 0.15) is 33.1 Å². The first kappa shape index (κ1) is 12.4. The molecular weight excluding hydrogens is 192 g/mol. The summed E-state index contributed by atoms with van der Waals surface area (Å²) in [6.45, 7) is 4.37. The molecule has 0 amide bonds. The minimum absolute atomic E-state index is 0.00465. The van der Waals surface area contributed by atoms with Crippen molar-refractivity contribution in [2.75, 3.05) is 13.2 Å². The molecule has 0 fully saturated rings. The summed E-state index contributed by atoms with van der Waals surface area (Å²) in [7, 11) is 0. The highest BCUT2D eigenvalue weighted by atomic mass is 16.5. The second kappa shape index (κ2) is 6.03. The quantitative estimate of drug-likeness (QED) is 0.754. The standard InChI is InChI=1S/C12H20O3/c1-9(2)12(15-8-7-13)10-5-3-4-6-11(10)14/h5,9,12-13H,3-4,6-8H2,1-2H3. The van der Waals surface area contributed by atoms with E-state index >= 15 is 0 Å². The SMILES string of the molecule is CC(C)C(OCCO)C1=CCCCC1=O. The molecule has 1 aliphatic rings. The van der Waals surface area contributed by atoms with Crippen LogP contribution in [-0.2, 0) is 9.53 Å². The van der Waals surface area contributed by atoms with Gasteiger partial charge >= 0.3 is 0 Å². The molecule has 1 unspecified atom stereocenters. The Morgan fingerprint density at radius 1 is 1.53 bits per heavy atom. The Kier molecular flexibility index (Phi) is 4.99. The van der Waals surface area contributed by atoms with Crippen LogP contribution in [0.5, 0.6) is 0 Å². The van der Waals surface area contributed by atoms with Crippen molar-refractivity contribution in [1.82, 2.24) is 0 Å². The van der Waals surface area contributed by atoms with Crippen LogP contribution in [0.15, 0.2) is 11.6 Å². The maximum Gasteiger partial charge on any atom is 0.161 e. The fourth-order valence-electron chi connectivity index (χ4n) is 1.87. The van der Waals surface area contributed by atoms with Crippen molar-refractivity contribution in [1.29, 1.82) is 0 Å². The van der Waals surface area contributed by atoms with Crippen molar-refractivity contribution in [2.45, 2.75) is 39.2 Å². The van der Waals surface area contributed by atoms with E-state index in [1.165, 1.54) is 0 Å². The number of hydrogen-bond donors (Lipinski definition) is 1. The first-order valence-electron chi connectivity index (χ1n) is 5.62. The smallest absolute Gasteiger partial charge is 0.161 e. The molecule has 0 heterocycles. The first-order valence-corrected chi connectivity index (χ1v) is 5.62. The molecule has 15 heavy (non-hydrogen) atoms. The highest BCUT2D eigenvalue weighted by Gasteiger charge is 2.25. The number of carbonyl (C=O) groups is 1. The van der Waals surface area contributed by atoms with E-state index in [-0.39, 0.29) is 24.4 Å². The number of aliphatic hydroxyl groups is 1. The molecule has 0 saturated heterocycles. The highest BCUT2D eigenvalue weighted by Crippen LogP contribution is 2.23. The lowest BCUT2D eigenvalue weighted by molar-refractivity contribution is -0.118. The monoisotopic (exact) mass is 212 g/mol. The zero-order valence-electron chi connectivity index (χ0n) is 9.53. The van der Waals surface area contributed by atoms with Gasteiger partial charge in [0, 0.05) is 12.0 Å². The molecule has 0 aliphatic heterocycles. The molecule has 1 atom stereocenters. The highest BCUT2D eigenvalue weighted by molar-refractivity contribution is 5.97. The fraction of sp³-hybridized carbons (Fsp3) is 0.750. The third kappa shape index (κ3) is 3.43. The summed E-state index contributed by atoms with van der Waals surface area (Å²) in [5, 5.41) is 8.73. The predicted molar refractivity (Wildman–Crippen MR) is 58.6 cm³/mol. The van der Waals surface area contributed by atoms with Crippen molar-refractivity contribution in [2.24, 2.45) is 5.92 Å². The summed E-state index contributed by atoms with van der Waals surface area (Å²) in [6, 6.07) is 0. The third-order valence-corrected chi connectivity index (χ3v) is 2.59. The van der Waals surface area contributed by atoms with Crippen molar-refractivity contribution >= 4 is 5.78 Å². The van der Waals surface area contributed by atoms with Crippen LogP contribution in [-0.4, -0.2) is 30.2 Å². The van der Waals surface area contributed by atoms with E-state index in [1.54, 1.807) is 0 Å². The number of carbonyl (C=O) groups excluding carboxylic acids is 1. The van der Waals surface area contributed by atoms with Gasteiger partial charge in [0.1, 0.15) is 0 Å². The maximum absolute atomic E-state index is 11.7. The van der Waals surface area contributed by atoms with Gasteiger partial charge in [0.25, 0.3) is 0 Å². The van der Waals surface area contributed by atoms with Crippen LogP contribution < -0.4 is 0 Å². The van der Waals surface area contributed by atoms with Gasteiger partial charge in [-0.15, -0.1) is 0 Å². The average Bonchev–Trinajstić information content (AvgIpc) is 2.20. The summed E-state index contributed by atoms with van der Waals surface area (Å²) in [5.41, 5.74) is 0.810. The molecular formula is C12H20O3. The molecule has 3 nitrogen and oxygen atoms in total. The zero-order valence-corrected chi connectivity index (χ0v) is 9.53. The molecule has 0 spiro atoms. The molecule has 0 radical (unpaired) electrons. The van der Waals surface area contributed by atoms with Gasteiger partial charge in [0.05, 0.1) is 19.3 Å². The third-order valence-electron chi connectivity index (χ3n) is 2.59. The van der Waals surface area contributed by atoms with Gasteiger partial charge in [-0.2, -0.15) is 0 Å². The van der Waals surface area contributed by atoms with Crippen molar-refractivity contribution in [3.8, 4) is 0 Å². The van der Waals surface area contributed by atoms with Crippen LogP contribution in [0, 0.1) is 5.92 Å². The van der Waals surface area contributed by atoms with Crippen LogP contribution in [0.4, 0.5) is 0 Å². The minimum atomic E-state index is -0.148. The second-order valence-electron chi connectivity index (χ2n) is 4.23. The van der Waals surface area contributed by atoms with Gasteiger partial charge < -0.3 is 9.84 Å². The summed E-state index contributed by atoms with van der Waals surface area (Å²) in [6.07, 6.45) is 4.40. The van der Waals surface area contributed by atoms with Crippen molar-refractivity contribution < 1.29 is 14.6 Å². The van der Waals surface area contributed by atoms with E-state index in [0.29, 0.717) is 13.0 Å². The Morgan fingerprint density at radius 3 is 2.80 bits per heavy atom. The van der Waals surface area contributed by atoms with E-state index in [2.05, 4.69) is 0 Å². The van der Waals surface area contributed by atoms with Gasteiger partial charge in [-0.3, -0.25) is 4.79 Å². The van der Waals surface area contributed by atoms with E-state index in [1.807, 2.05) is 19.9 Å². The molecule has 0 aromatic rings.